The highest BCUT2D eigenvalue weighted by Gasteiger charge is 2.17. The van der Waals surface area contributed by atoms with Crippen molar-refractivity contribution in [1.29, 1.82) is 0 Å². The lowest BCUT2D eigenvalue weighted by Gasteiger charge is -2.21. The first-order valence-electron chi connectivity index (χ1n) is 12.1. The van der Waals surface area contributed by atoms with Gasteiger partial charge in [-0.15, -0.1) is 0 Å². The fourth-order valence-corrected chi connectivity index (χ4v) is 4.08. The van der Waals surface area contributed by atoms with Crippen LogP contribution in [0, 0.1) is 20.8 Å². The van der Waals surface area contributed by atoms with Crippen LogP contribution in [0.5, 0.6) is 0 Å². The van der Waals surface area contributed by atoms with Crippen LogP contribution in [0.25, 0.3) is 5.70 Å². The molecule has 0 bridgehead atoms. The Hall–Kier alpha value is -3.52. The summed E-state index contributed by atoms with van der Waals surface area (Å²) in [5.41, 5.74) is 11.9. The third kappa shape index (κ3) is 6.74. The monoisotopic (exact) mass is 450 g/mol. The van der Waals surface area contributed by atoms with E-state index >= 15 is 0 Å². The summed E-state index contributed by atoms with van der Waals surface area (Å²) in [5.74, 6) is 0. The minimum Gasteiger partial charge on any atom is -0.378 e. The van der Waals surface area contributed by atoms with Gasteiger partial charge in [0.1, 0.15) is 0 Å². The van der Waals surface area contributed by atoms with Gasteiger partial charge < -0.3 is 10.6 Å². The summed E-state index contributed by atoms with van der Waals surface area (Å²) in [6.07, 6.45) is 13.4. The Labute approximate surface area is 206 Å². The number of nitrogens with one attached hydrogen (secondary N) is 2. The quantitative estimate of drug-likeness (QED) is 0.267. The zero-order valence-electron chi connectivity index (χ0n) is 21.2. The SMILES string of the molecule is C=CC(/C=C\C)=C(/C=C)Nc1ccc(CC(C=C2CC2)NC(=C)c2cc(C)c(C)cc2C)cc1. The molecular weight excluding hydrogens is 412 g/mol. The molecule has 2 aromatic rings. The van der Waals surface area contributed by atoms with Crippen LogP contribution in [0.15, 0.2) is 103 Å². The van der Waals surface area contributed by atoms with Crippen LogP contribution in [-0.2, 0) is 6.42 Å². The van der Waals surface area contributed by atoms with Gasteiger partial charge in [0, 0.05) is 28.7 Å². The molecule has 0 aliphatic heterocycles. The molecule has 2 N–H and O–H groups in total. The van der Waals surface area contributed by atoms with Crippen LogP contribution in [0.2, 0.25) is 0 Å². The molecule has 1 unspecified atom stereocenters. The van der Waals surface area contributed by atoms with Crippen molar-refractivity contribution < 1.29 is 0 Å². The van der Waals surface area contributed by atoms with Crippen molar-refractivity contribution in [3.8, 4) is 0 Å². The fraction of sp³-hybridized carbons (Fsp3) is 0.250. The van der Waals surface area contributed by atoms with Gasteiger partial charge in [-0.1, -0.05) is 67.8 Å². The summed E-state index contributed by atoms with van der Waals surface area (Å²) >= 11 is 0. The second-order valence-corrected chi connectivity index (χ2v) is 9.11. The van der Waals surface area contributed by atoms with Gasteiger partial charge in [0.15, 0.2) is 0 Å². The van der Waals surface area contributed by atoms with E-state index in [2.05, 4.69) is 93.6 Å². The van der Waals surface area contributed by atoms with E-state index in [1.165, 1.54) is 46.2 Å². The van der Waals surface area contributed by atoms with Crippen molar-refractivity contribution in [3.05, 3.63) is 131 Å². The largest absolute Gasteiger partial charge is 0.378 e. The average Bonchev–Trinajstić information content (AvgIpc) is 3.63. The summed E-state index contributed by atoms with van der Waals surface area (Å²) in [6.45, 7) is 20.7. The summed E-state index contributed by atoms with van der Waals surface area (Å²) in [4.78, 5) is 0. The second kappa shape index (κ2) is 11.6. The maximum absolute atomic E-state index is 4.38. The molecule has 0 amide bonds. The first kappa shape index (κ1) is 25.1. The number of allylic oxidation sites excluding steroid dienone is 6. The number of hydrogen-bond acceptors (Lipinski definition) is 2. The van der Waals surface area contributed by atoms with Crippen molar-refractivity contribution >= 4 is 11.4 Å². The molecule has 2 heteroatoms. The molecular formula is C32H38N2. The van der Waals surface area contributed by atoms with Gasteiger partial charge in [-0.05, 0) is 99.1 Å². The van der Waals surface area contributed by atoms with E-state index in [4.69, 9.17) is 0 Å². The molecule has 0 saturated heterocycles. The Balaban J connectivity index is 1.74. The first-order chi connectivity index (χ1) is 16.3. The van der Waals surface area contributed by atoms with Crippen molar-refractivity contribution in [2.75, 3.05) is 5.32 Å². The average molecular weight is 451 g/mol. The highest BCUT2D eigenvalue weighted by Crippen LogP contribution is 2.29. The molecule has 1 atom stereocenters. The highest BCUT2D eigenvalue weighted by molar-refractivity contribution is 5.66. The van der Waals surface area contributed by atoms with Crippen LogP contribution < -0.4 is 10.6 Å². The van der Waals surface area contributed by atoms with E-state index in [-0.39, 0.29) is 6.04 Å². The molecule has 1 saturated carbocycles. The number of aryl methyl sites for hydroxylation is 3. The Morgan fingerprint density at radius 2 is 1.65 bits per heavy atom. The molecule has 176 valence electrons. The minimum absolute atomic E-state index is 0.218. The van der Waals surface area contributed by atoms with E-state index in [9.17, 15) is 0 Å². The van der Waals surface area contributed by atoms with Gasteiger partial charge in [-0.25, -0.2) is 0 Å². The predicted molar refractivity (Wildman–Crippen MR) is 150 cm³/mol. The fourth-order valence-electron chi connectivity index (χ4n) is 4.08. The minimum atomic E-state index is 0.218. The molecule has 2 aromatic carbocycles. The van der Waals surface area contributed by atoms with Crippen LogP contribution in [-0.4, -0.2) is 6.04 Å². The molecule has 1 aliphatic carbocycles. The standard InChI is InChI=1S/C32H38N2/c1-8-11-28(9-2)32(10-3)34-29-16-14-27(15-17-29)21-30(20-26-12-13-26)33-25(7)31-19-23(5)22(4)18-24(31)6/h8-11,14-20,30,33-34H,2-3,7,12-13,21H2,1,4-6H3/b11-8-,32-28+. The van der Waals surface area contributed by atoms with Crippen LogP contribution in [0.3, 0.4) is 0 Å². The molecule has 1 aliphatic rings. The Bertz CT molecular complexity index is 1150. The number of rotatable bonds is 11. The lowest BCUT2D eigenvalue weighted by molar-refractivity contribution is 0.707. The number of anilines is 1. The first-order valence-corrected chi connectivity index (χ1v) is 12.1. The molecule has 2 nitrogen and oxygen atoms in total. The van der Waals surface area contributed by atoms with Gasteiger partial charge in [0.25, 0.3) is 0 Å². The van der Waals surface area contributed by atoms with E-state index in [1.54, 1.807) is 0 Å². The predicted octanol–water partition coefficient (Wildman–Crippen LogP) is 8.12. The molecule has 0 spiro atoms. The molecule has 1 fully saturated rings. The summed E-state index contributed by atoms with van der Waals surface area (Å²) < 4.78 is 0. The molecule has 0 aromatic heterocycles. The van der Waals surface area contributed by atoms with Crippen molar-refractivity contribution in [1.82, 2.24) is 5.32 Å². The molecule has 34 heavy (non-hydrogen) atoms. The van der Waals surface area contributed by atoms with Gasteiger partial charge in [0.2, 0.25) is 0 Å². The van der Waals surface area contributed by atoms with Crippen LogP contribution >= 0.6 is 0 Å². The zero-order valence-corrected chi connectivity index (χ0v) is 21.2. The lowest BCUT2D eigenvalue weighted by atomic mass is 9.98. The highest BCUT2D eigenvalue weighted by atomic mass is 14.9. The number of hydrogen-bond donors (Lipinski definition) is 2. The van der Waals surface area contributed by atoms with Crippen molar-refractivity contribution in [3.63, 3.8) is 0 Å². The summed E-state index contributed by atoms with van der Waals surface area (Å²) in [7, 11) is 0. The van der Waals surface area contributed by atoms with Crippen molar-refractivity contribution in [2.45, 2.75) is 53.0 Å². The third-order valence-corrected chi connectivity index (χ3v) is 6.27. The van der Waals surface area contributed by atoms with E-state index in [1.807, 2.05) is 31.2 Å². The normalized spacial score (nSPS) is 14.3. The van der Waals surface area contributed by atoms with Gasteiger partial charge >= 0.3 is 0 Å². The Morgan fingerprint density at radius 1 is 0.971 bits per heavy atom. The second-order valence-electron chi connectivity index (χ2n) is 9.11. The van der Waals surface area contributed by atoms with Crippen molar-refractivity contribution in [2.24, 2.45) is 0 Å². The van der Waals surface area contributed by atoms with Gasteiger partial charge in [-0.3, -0.25) is 0 Å². The molecule has 0 radical (unpaired) electrons. The molecule has 0 heterocycles. The zero-order chi connectivity index (χ0) is 24.7. The lowest BCUT2D eigenvalue weighted by Crippen LogP contribution is -2.28. The summed E-state index contributed by atoms with van der Waals surface area (Å²) in [5, 5.41) is 7.16. The van der Waals surface area contributed by atoms with E-state index < -0.39 is 0 Å². The number of benzene rings is 2. The third-order valence-electron chi connectivity index (χ3n) is 6.27. The van der Waals surface area contributed by atoms with Gasteiger partial charge in [-0.2, -0.15) is 0 Å². The van der Waals surface area contributed by atoms with E-state index in [0.29, 0.717) is 0 Å². The van der Waals surface area contributed by atoms with E-state index in [0.717, 1.165) is 29.1 Å². The van der Waals surface area contributed by atoms with Crippen LogP contribution in [0.4, 0.5) is 5.69 Å². The maximum atomic E-state index is 4.38. The smallest absolute Gasteiger partial charge is 0.0487 e. The Kier molecular flexibility index (Phi) is 8.54. The topological polar surface area (TPSA) is 24.1 Å². The Morgan fingerprint density at radius 3 is 2.24 bits per heavy atom. The van der Waals surface area contributed by atoms with Gasteiger partial charge in [0.05, 0.1) is 0 Å². The summed E-state index contributed by atoms with van der Waals surface area (Å²) in [6, 6.07) is 13.3. The maximum Gasteiger partial charge on any atom is 0.0487 e. The molecule has 3 rings (SSSR count). The van der Waals surface area contributed by atoms with Crippen LogP contribution in [0.1, 0.15) is 47.6 Å².